The number of imidazole rings is 1. The number of hydrogen-bond acceptors (Lipinski definition) is 8. The SMILES string of the molecule is C=CCc1nc2c(N)ncnc2n1[C@@H]1O[C@H](CO)[C@@H](O)[C@H]1S. The number of rotatable bonds is 4. The lowest BCUT2D eigenvalue weighted by molar-refractivity contribution is -0.0437. The van der Waals surface area contributed by atoms with E-state index in [1.807, 2.05) is 0 Å². The van der Waals surface area contributed by atoms with Gasteiger partial charge in [0.2, 0.25) is 0 Å². The van der Waals surface area contributed by atoms with Crippen molar-refractivity contribution >= 4 is 29.6 Å². The second kappa shape index (κ2) is 5.84. The number of nitrogen functional groups attached to an aromatic ring is 1. The zero-order chi connectivity index (χ0) is 15.9. The van der Waals surface area contributed by atoms with Crippen LogP contribution in [0.2, 0.25) is 0 Å². The van der Waals surface area contributed by atoms with E-state index in [1.165, 1.54) is 6.33 Å². The van der Waals surface area contributed by atoms with Gasteiger partial charge in [-0.25, -0.2) is 15.0 Å². The monoisotopic (exact) mass is 323 g/mol. The highest BCUT2D eigenvalue weighted by atomic mass is 32.1. The van der Waals surface area contributed by atoms with Crippen LogP contribution >= 0.6 is 12.6 Å². The van der Waals surface area contributed by atoms with E-state index < -0.39 is 23.7 Å². The molecule has 0 bridgehead atoms. The van der Waals surface area contributed by atoms with Crippen LogP contribution in [0.15, 0.2) is 19.0 Å². The molecule has 0 unspecified atom stereocenters. The van der Waals surface area contributed by atoms with Crippen LogP contribution < -0.4 is 5.73 Å². The van der Waals surface area contributed by atoms with Crippen LogP contribution in [0.3, 0.4) is 0 Å². The number of fused-ring (bicyclic) bond motifs is 1. The second-order valence-corrected chi connectivity index (χ2v) is 5.65. The van der Waals surface area contributed by atoms with Crippen molar-refractivity contribution in [2.24, 2.45) is 0 Å². The average molecular weight is 323 g/mol. The highest BCUT2D eigenvalue weighted by Crippen LogP contribution is 2.36. The first-order chi connectivity index (χ1) is 10.6. The molecule has 0 amide bonds. The van der Waals surface area contributed by atoms with E-state index >= 15 is 0 Å². The summed E-state index contributed by atoms with van der Waals surface area (Å²) in [6.45, 7) is 3.42. The summed E-state index contributed by atoms with van der Waals surface area (Å²) >= 11 is 4.41. The molecule has 1 aliphatic heterocycles. The van der Waals surface area contributed by atoms with Crippen molar-refractivity contribution in [2.45, 2.75) is 30.1 Å². The summed E-state index contributed by atoms with van der Waals surface area (Å²) in [7, 11) is 0. The number of nitrogens with two attached hydrogens (primary N) is 1. The van der Waals surface area contributed by atoms with E-state index in [9.17, 15) is 10.2 Å². The Kier molecular flexibility index (Phi) is 4.04. The summed E-state index contributed by atoms with van der Waals surface area (Å²) in [6, 6.07) is 0. The van der Waals surface area contributed by atoms with Gasteiger partial charge in [-0.3, -0.25) is 4.57 Å². The third-order valence-corrected chi connectivity index (χ3v) is 4.24. The lowest BCUT2D eigenvalue weighted by atomic mass is 10.2. The fourth-order valence-electron chi connectivity index (χ4n) is 2.61. The van der Waals surface area contributed by atoms with Crippen molar-refractivity contribution in [2.75, 3.05) is 12.3 Å². The van der Waals surface area contributed by atoms with Crippen molar-refractivity contribution in [3.63, 3.8) is 0 Å². The van der Waals surface area contributed by atoms with Crippen LogP contribution in [-0.4, -0.2) is 53.8 Å². The third-order valence-electron chi connectivity index (χ3n) is 3.68. The van der Waals surface area contributed by atoms with Crippen molar-refractivity contribution in [1.29, 1.82) is 0 Å². The maximum Gasteiger partial charge on any atom is 0.167 e. The highest BCUT2D eigenvalue weighted by molar-refractivity contribution is 7.81. The number of allylic oxidation sites excluding steroid dienone is 1. The molecule has 118 valence electrons. The minimum absolute atomic E-state index is 0.266. The quantitative estimate of drug-likeness (QED) is 0.450. The molecule has 2 aromatic rings. The van der Waals surface area contributed by atoms with Crippen LogP contribution in [0, 0.1) is 0 Å². The lowest BCUT2D eigenvalue weighted by Crippen LogP contribution is -2.30. The maximum atomic E-state index is 10.1. The maximum absolute atomic E-state index is 10.1. The molecule has 1 fully saturated rings. The fourth-order valence-corrected chi connectivity index (χ4v) is 3.00. The smallest absolute Gasteiger partial charge is 0.167 e. The molecule has 4 atom stereocenters. The molecule has 3 rings (SSSR count). The first-order valence-corrected chi connectivity index (χ1v) is 7.30. The molecule has 3 heterocycles. The topological polar surface area (TPSA) is 119 Å². The number of hydrogen-bond donors (Lipinski definition) is 4. The molecule has 0 spiro atoms. The largest absolute Gasteiger partial charge is 0.394 e. The number of aliphatic hydroxyl groups excluding tert-OH is 2. The minimum atomic E-state index is -0.897. The van der Waals surface area contributed by atoms with Crippen molar-refractivity contribution < 1.29 is 14.9 Å². The zero-order valence-corrected chi connectivity index (χ0v) is 12.6. The Morgan fingerprint density at radius 2 is 2.27 bits per heavy atom. The molecule has 0 saturated carbocycles. The molecule has 0 radical (unpaired) electrons. The normalized spacial score (nSPS) is 28.3. The van der Waals surface area contributed by atoms with E-state index in [2.05, 4.69) is 34.2 Å². The van der Waals surface area contributed by atoms with Gasteiger partial charge in [0.1, 0.15) is 18.3 Å². The Labute approximate surface area is 132 Å². The summed E-state index contributed by atoms with van der Waals surface area (Å²) in [5, 5.41) is 18.9. The molecule has 1 saturated heterocycles. The van der Waals surface area contributed by atoms with E-state index in [-0.39, 0.29) is 12.4 Å². The van der Waals surface area contributed by atoms with Gasteiger partial charge >= 0.3 is 0 Å². The molecule has 8 nitrogen and oxygen atoms in total. The predicted molar refractivity (Wildman–Crippen MR) is 83.4 cm³/mol. The summed E-state index contributed by atoms with van der Waals surface area (Å²) < 4.78 is 7.45. The number of aromatic nitrogens is 4. The van der Waals surface area contributed by atoms with Crippen LogP contribution in [0.25, 0.3) is 11.2 Å². The molecule has 4 N–H and O–H groups in total. The second-order valence-electron chi connectivity index (χ2n) is 5.05. The van der Waals surface area contributed by atoms with E-state index in [0.717, 1.165) is 0 Å². The number of ether oxygens (including phenoxy) is 1. The van der Waals surface area contributed by atoms with Gasteiger partial charge < -0.3 is 20.7 Å². The Morgan fingerprint density at radius 1 is 1.50 bits per heavy atom. The zero-order valence-electron chi connectivity index (χ0n) is 11.7. The van der Waals surface area contributed by atoms with Gasteiger partial charge in [0.25, 0.3) is 0 Å². The Balaban J connectivity index is 2.15. The average Bonchev–Trinajstić information content (AvgIpc) is 3.00. The highest BCUT2D eigenvalue weighted by Gasteiger charge is 2.43. The van der Waals surface area contributed by atoms with Crippen LogP contribution in [0.1, 0.15) is 12.1 Å². The Bertz CT molecular complexity index is 706. The Hall–Kier alpha value is -1.68. The molecule has 22 heavy (non-hydrogen) atoms. The lowest BCUT2D eigenvalue weighted by Gasteiger charge is -2.19. The molecule has 9 heteroatoms. The third kappa shape index (κ3) is 2.26. The Morgan fingerprint density at radius 3 is 2.91 bits per heavy atom. The summed E-state index contributed by atoms with van der Waals surface area (Å²) in [5.41, 5.74) is 6.81. The van der Waals surface area contributed by atoms with Gasteiger partial charge in [-0.2, -0.15) is 12.6 Å². The predicted octanol–water partition coefficient (Wildman–Crippen LogP) is -0.314. The molecular weight excluding hydrogens is 306 g/mol. The standard InChI is InChI=1S/C13H17N5O3S/c1-2-3-7-17-8-11(14)15-5-16-12(8)18(7)13-10(22)9(20)6(4-19)21-13/h2,5-6,9-10,13,19-20,22H,1,3-4H2,(H2,14,15,16)/t6-,9-,10-,13-/m1/s1. The van der Waals surface area contributed by atoms with Crippen molar-refractivity contribution in [1.82, 2.24) is 19.5 Å². The minimum Gasteiger partial charge on any atom is -0.394 e. The molecule has 0 aliphatic carbocycles. The number of thiol groups is 1. The molecule has 2 aromatic heterocycles. The number of nitrogens with zero attached hydrogens (tertiary/aromatic N) is 4. The van der Waals surface area contributed by atoms with E-state index in [4.69, 9.17) is 10.5 Å². The van der Waals surface area contributed by atoms with Crippen LogP contribution in [-0.2, 0) is 11.2 Å². The van der Waals surface area contributed by atoms with Gasteiger partial charge in [0, 0.05) is 6.42 Å². The number of anilines is 1. The summed E-state index contributed by atoms with van der Waals surface area (Å²) in [6.07, 6.45) is 1.28. The first-order valence-electron chi connectivity index (χ1n) is 6.79. The number of aliphatic hydroxyl groups is 2. The van der Waals surface area contributed by atoms with E-state index in [1.54, 1.807) is 10.6 Å². The van der Waals surface area contributed by atoms with Crippen molar-refractivity contribution in [3.8, 4) is 0 Å². The summed E-state index contributed by atoms with van der Waals surface area (Å²) in [5.74, 6) is 0.897. The molecule has 0 aromatic carbocycles. The van der Waals surface area contributed by atoms with Crippen LogP contribution in [0.4, 0.5) is 5.82 Å². The van der Waals surface area contributed by atoms with Crippen LogP contribution in [0.5, 0.6) is 0 Å². The van der Waals surface area contributed by atoms with Gasteiger partial charge in [-0.05, 0) is 0 Å². The van der Waals surface area contributed by atoms with Gasteiger partial charge in [0.05, 0.1) is 18.0 Å². The molecular formula is C13H17N5O3S. The first kappa shape index (κ1) is 15.2. The van der Waals surface area contributed by atoms with Gasteiger partial charge in [0.15, 0.2) is 23.2 Å². The summed E-state index contributed by atoms with van der Waals surface area (Å²) in [4.78, 5) is 12.6. The van der Waals surface area contributed by atoms with Gasteiger partial charge in [-0.15, -0.1) is 6.58 Å². The van der Waals surface area contributed by atoms with Crippen molar-refractivity contribution in [3.05, 3.63) is 24.8 Å². The van der Waals surface area contributed by atoms with E-state index in [0.29, 0.717) is 23.4 Å². The fraction of sp³-hybridized carbons (Fsp3) is 0.462. The molecule has 1 aliphatic rings. The van der Waals surface area contributed by atoms with Gasteiger partial charge in [-0.1, -0.05) is 6.08 Å².